The zero-order valence-corrected chi connectivity index (χ0v) is 20.8. The summed E-state index contributed by atoms with van der Waals surface area (Å²) in [6.07, 6.45) is 6.87. The molecule has 0 heterocycles. The summed E-state index contributed by atoms with van der Waals surface area (Å²) in [6, 6.07) is 0. The van der Waals surface area contributed by atoms with Gasteiger partial charge in [-0.15, -0.1) is 13.8 Å². The summed E-state index contributed by atoms with van der Waals surface area (Å²) in [5.41, 5.74) is 8.79. The summed E-state index contributed by atoms with van der Waals surface area (Å²) < 4.78 is 0. The molecule has 0 amide bonds. The van der Waals surface area contributed by atoms with E-state index in [2.05, 4.69) is 81.4 Å². The van der Waals surface area contributed by atoms with Gasteiger partial charge in [0.2, 0.25) is 0 Å². The zero-order chi connectivity index (χ0) is 15.9. The Hall–Kier alpha value is 0.302. The standard InChI is InChI=1S/2C10H15.ClH.U/c2*1-7-6-10(4,5)9(3)8(7)2;;/h2*1-5H3;1H;/q2*-1;;+3/p-1. The first-order valence-corrected chi connectivity index (χ1v) is 7.50. The molecule has 22 heavy (non-hydrogen) atoms. The van der Waals surface area contributed by atoms with Crippen molar-refractivity contribution in [3.8, 4) is 0 Å². The minimum Gasteiger partial charge on any atom is -1.00 e. The van der Waals surface area contributed by atoms with Crippen molar-refractivity contribution in [3.05, 3.63) is 45.6 Å². The normalized spacial score (nSPS) is 21.4. The van der Waals surface area contributed by atoms with E-state index in [1.807, 2.05) is 0 Å². The minimum absolute atomic E-state index is 0. The molecule has 0 fully saturated rings. The maximum atomic E-state index is 3.44. The maximum Gasteiger partial charge on any atom is 3.00 e. The summed E-state index contributed by atoms with van der Waals surface area (Å²) in [6.45, 7) is 21.8. The maximum absolute atomic E-state index is 3.44. The molecule has 0 unspecified atom stereocenters. The molecule has 0 spiro atoms. The van der Waals surface area contributed by atoms with Crippen molar-refractivity contribution in [2.75, 3.05) is 0 Å². The average Bonchev–Trinajstić information content (AvgIpc) is 2.60. The summed E-state index contributed by atoms with van der Waals surface area (Å²) >= 11 is 0. The fraction of sp³-hybridized carbons (Fsp3) is 0.600. The van der Waals surface area contributed by atoms with Crippen LogP contribution in [0.25, 0.3) is 0 Å². The van der Waals surface area contributed by atoms with Gasteiger partial charge in [-0.2, -0.15) is 22.3 Å². The Morgan fingerprint density at radius 3 is 0.864 bits per heavy atom. The smallest absolute Gasteiger partial charge is 1.00 e. The number of allylic oxidation sites excluding steroid dienone is 8. The van der Waals surface area contributed by atoms with Crippen LogP contribution >= 0.6 is 0 Å². The topological polar surface area (TPSA) is 0 Å². The van der Waals surface area contributed by atoms with E-state index in [1.165, 1.54) is 33.4 Å². The van der Waals surface area contributed by atoms with E-state index in [-0.39, 0.29) is 54.4 Å². The summed E-state index contributed by atoms with van der Waals surface area (Å²) in [7, 11) is 0. The van der Waals surface area contributed by atoms with Crippen LogP contribution in [0.5, 0.6) is 0 Å². The second kappa shape index (κ2) is 8.41. The monoisotopic (exact) mass is 543 g/mol. The van der Waals surface area contributed by atoms with Gasteiger partial charge in [0.05, 0.1) is 0 Å². The van der Waals surface area contributed by atoms with Crippen molar-refractivity contribution in [1.29, 1.82) is 0 Å². The molecule has 0 bridgehead atoms. The number of hydrogen-bond donors (Lipinski definition) is 0. The first-order valence-electron chi connectivity index (χ1n) is 7.50. The van der Waals surface area contributed by atoms with Crippen molar-refractivity contribution >= 4 is 0 Å². The Balaban J connectivity index is 0. The van der Waals surface area contributed by atoms with Crippen LogP contribution in [0.3, 0.4) is 0 Å². The third-order valence-electron chi connectivity index (χ3n) is 5.12. The molecule has 2 aliphatic carbocycles. The summed E-state index contributed by atoms with van der Waals surface area (Å²) in [5, 5.41) is 0. The zero-order valence-electron chi connectivity index (χ0n) is 15.9. The first kappa shape index (κ1) is 24.6. The molecule has 2 heteroatoms. The van der Waals surface area contributed by atoms with Gasteiger partial charge in [-0.1, -0.05) is 66.2 Å². The number of hydrogen-bond acceptors (Lipinski definition) is 0. The SMILES string of the molecule is CC1=[C-]C(C)(C)C(C)=C1C.CC1=[C-]C(C)(C)C(C)=C1C.[Cl-].[U+3]. The molecule has 121 valence electrons. The van der Waals surface area contributed by atoms with Crippen LogP contribution in [0.2, 0.25) is 0 Å². The van der Waals surface area contributed by atoms with Gasteiger partial charge in [0.15, 0.2) is 0 Å². The molecule has 0 atom stereocenters. The molecule has 1 radical (unpaired) electrons. The van der Waals surface area contributed by atoms with Gasteiger partial charge in [-0.3, -0.25) is 12.2 Å². The van der Waals surface area contributed by atoms with Crippen LogP contribution in [0.15, 0.2) is 33.4 Å². The Morgan fingerprint density at radius 1 is 0.591 bits per heavy atom. The predicted molar refractivity (Wildman–Crippen MR) is 89.2 cm³/mol. The van der Waals surface area contributed by atoms with E-state index in [1.54, 1.807) is 0 Å². The number of rotatable bonds is 0. The van der Waals surface area contributed by atoms with Crippen LogP contribution in [0.4, 0.5) is 0 Å². The molecule has 0 saturated carbocycles. The third-order valence-corrected chi connectivity index (χ3v) is 5.12. The van der Waals surface area contributed by atoms with E-state index in [4.69, 9.17) is 0 Å². The van der Waals surface area contributed by atoms with E-state index in [0.29, 0.717) is 0 Å². The van der Waals surface area contributed by atoms with Crippen LogP contribution in [0.1, 0.15) is 69.2 Å². The quantitative estimate of drug-likeness (QED) is 0.412. The van der Waals surface area contributed by atoms with Crippen LogP contribution in [-0.4, -0.2) is 0 Å². The van der Waals surface area contributed by atoms with Gasteiger partial charge >= 0.3 is 31.1 Å². The van der Waals surface area contributed by atoms with Gasteiger partial charge in [0, 0.05) is 0 Å². The molecule has 0 aromatic carbocycles. The van der Waals surface area contributed by atoms with Crippen molar-refractivity contribution < 1.29 is 43.5 Å². The molecule has 0 saturated heterocycles. The molecule has 2 rings (SSSR count). The Morgan fingerprint density at radius 2 is 0.818 bits per heavy atom. The van der Waals surface area contributed by atoms with Gasteiger partial charge in [-0.25, -0.2) is 11.1 Å². The Kier molecular flexibility index (Phi) is 9.39. The summed E-state index contributed by atoms with van der Waals surface area (Å²) in [4.78, 5) is 0. The second-order valence-corrected chi connectivity index (χ2v) is 7.25. The second-order valence-electron chi connectivity index (χ2n) is 7.25. The van der Waals surface area contributed by atoms with Crippen molar-refractivity contribution in [2.45, 2.75) is 69.2 Å². The molecule has 2 aliphatic rings. The molecule has 0 nitrogen and oxygen atoms in total. The Labute approximate surface area is 168 Å². The van der Waals surface area contributed by atoms with E-state index in [0.717, 1.165) is 0 Å². The fourth-order valence-electron chi connectivity index (χ4n) is 2.81. The molecular weight excluding hydrogens is 514 g/mol. The molecule has 0 N–H and O–H groups in total. The van der Waals surface area contributed by atoms with E-state index in [9.17, 15) is 0 Å². The predicted octanol–water partition coefficient (Wildman–Crippen LogP) is 3.23. The van der Waals surface area contributed by atoms with Crippen molar-refractivity contribution in [3.63, 3.8) is 0 Å². The fourth-order valence-corrected chi connectivity index (χ4v) is 2.81. The summed E-state index contributed by atoms with van der Waals surface area (Å²) in [5.74, 6) is 0. The molecule has 0 aromatic rings. The van der Waals surface area contributed by atoms with Gasteiger partial charge in [-0.05, 0) is 0 Å². The Bertz CT molecular complexity index is 490. The van der Waals surface area contributed by atoms with Gasteiger partial charge in [0.25, 0.3) is 0 Å². The third kappa shape index (κ3) is 5.16. The van der Waals surface area contributed by atoms with E-state index < -0.39 is 0 Å². The largest absolute Gasteiger partial charge is 3.00 e. The van der Waals surface area contributed by atoms with E-state index >= 15 is 0 Å². The first-order chi connectivity index (χ1) is 8.90. The van der Waals surface area contributed by atoms with Crippen molar-refractivity contribution in [2.24, 2.45) is 10.8 Å². The van der Waals surface area contributed by atoms with Gasteiger partial charge in [0.1, 0.15) is 0 Å². The molecular formula is C20H30ClU. The average molecular weight is 544 g/mol. The number of halogens is 1. The molecule has 0 aliphatic heterocycles. The van der Waals surface area contributed by atoms with Crippen LogP contribution < -0.4 is 12.4 Å². The minimum atomic E-state index is 0. The van der Waals surface area contributed by atoms with Gasteiger partial charge < -0.3 is 12.4 Å². The van der Waals surface area contributed by atoms with Crippen molar-refractivity contribution in [1.82, 2.24) is 0 Å². The van der Waals surface area contributed by atoms with Crippen LogP contribution in [-0.2, 0) is 0 Å². The van der Waals surface area contributed by atoms with Crippen LogP contribution in [0, 0.1) is 54.1 Å². The molecule has 0 aromatic heterocycles.